The molecular formula is C12H14N2O2. The normalized spacial score (nSPS) is 16.6. The van der Waals surface area contributed by atoms with Gasteiger partial charge in [0.05, 0.1) is 6.04 Å². The number of benzene rings is 1. The summed E-state index contributed by atoms with van der Waals surface area (Å²) in [5.74, 6) is 0. The zero-order chi connectivity index (χ0) is 11.5. The van der Waals surface area contributed by atoms with Crippen molar-refractivity contribution in [2.45, 2.75) is 13.0 Å². The maximum absolute atomic E-state index is 10.8. The van der Waals surface area contributed by atoms with E-state index >= 15 is 0 Å². The zero-order valence-electron chi connectivity index (χ0n) is 9.08. The Labute approximate surface area is 94.4 Å². The van der Waals surface area contributed by atoms with E-state index in [1.54, 1.807) is 6.20 Å². The maximum Gasteiger partial charge on any atom is 0.412 e. The first-order valence-corrected chi connectivity index (χ1v) is 5.17. The molecule has 1 aliphatic heterocycles. The van der Waals surface area contributed by atoms with E-state index in [9.17, 15) is 4.79 Å². The molecule has 0 aromatic heterocycles. The third kappa shape index (κ3) is 2.00. The van der Waals surface area contributed by atoms with Crippen molar-refractivity contribution in [2.24, 2.45) is 0 Å². The van der Waals surface area contributed by atoms with Crippen LogP contribution in [0.4, 0.5) is 4.79 Å². The second-order valence-corrected chi connectivity index (χ2v) is 3.79. The van der Waals surface area contributed by atoms with E-state index in [4.69, 9.17) is 5.11 Å². The largest absolute Gasteiger partial charge is 0.465 e. The van der Waals surface area contributed by atoms with Gasteiger partial charge in [-0.1, -0.05) is 30.3 Å². The second kappa shape index (κ2) is 4.26. The zero-order valence-corrected chi connectivity index (χ0v) is 9.08. The lowest BCUT2D eigenvalue weighted by Gasteiger charge is -2.25. The molecule has 0 aliphatic carbocycles. The van der Waals surface area contributed by atoms with Gasteiger partial charge in [-0.25, -0.2) is 4.79 Å². The Balaban J connectivity index is 2.06. The molecule has 1 N–H and O–H groups in total. The van der Waals surface area contributed by atoms with Crippen LogP contribution >= 0.6 is 0 Å². The van der Waals surface area contributed by atoms with Crippen molar-refractivity contribution in [3.05, 3.63) is 48.3 Å². The molecule has 0 bridgehead atoms. The average Bonchev–Trinajstić information content (AvgIpc) is 2.78. The monoisotopic (exact) mass is 218 g/mol. The third-order valence-electron chi connectivity index (χ3n) is 2.78. The molecule has 2 rings (SSSR count). The minimum absolute atomic E-state index is 0.182. The standard InChI is InChI=1S/C12H14N2O2/c1-10(11-5-3-2-4-6-11)13-7-8-14(9-13)12(15)16/h2-8,10H,9H2,1H3,(H,15,16). The molecule has 0 spiro atoms. The lowest BCUT2D eigenvalue weighted by molar-refractivity contribution is 0.146. The molecule has 0 fully saturated rings. The highest BCUT2D eigenvalue weighted by atomic mass is 16.4. The van der Waals surface area contributed by atoms with E-state index in [1.807, 2.05) is 41.4 Å². The van der Waals surface area contributed by atoms with Crippen LogP contribution in [0.25, 0.3) is 0 Å². The molecule has 1 aromatic rings. The summed E-state index contributed by atoms with van der Waals surface area (Å²) >= 11 is 0. The summed E-state index contributed by atoms with van der Waals surface area (Å²) in [4.78, 5) is 14.0. The Kier molecular flexibility index (Phi) is 2.81. The van der Waals surface area contributed by atoms with Gasteiger partial charge < -0.3 is 10.0 Å². The van der Waals surface area contributed by atoms with E-state index in [-0.39, 0.29) is 6.04 Å². The van der Waals surface area contributed by atoms with Crippen LogP contribution < -0.4 is 0 Å². The Morgan fingerprint density at radius 2 is 2.00 bits per heavy atom. The molecule has 4 heteroatoms. The van der Waals surface area contributed by atoms with Gasteiger partial charge in [-0.15, -0.1) is 0 Å². The summed E-state index contributed by atoms with van der Waals surface area (Å²) in [6.07, 6.45) is 2.48. The van der Waals surface area contributed by atoms with Crippen molar-refractivity contribution in [1.82, 2.24) is 9.80 Å². The van der Waals surface area contributed by atoms with E-state index in [0.29, 0.717) is 6.67 Å². The Morgan fingerprint density at radius 1 is 1.31 bits per heavy atom. The van der Waals surface area contributed by atoms with Gasteiger partial charge >= 0.3 is 6.09 Å². The fourth-order valence-electron chi connectivity index (χ4n) is 1.74. The van der Waals surface area contributed by atoms with Gasteiger partial charge in [-0.05, 0) is 12.5 Å². The summed E-state index contributed by atoms with van der Waals surface area (Å²) in [5, 5.41) is 8.83. The summed E-state index contributed by atoms with van der Waals surface area (Å²) in [6, 6.07) is 10.2. The van der Waals surface area contributed by atoms with E-state index in [0.717, 1.165) is 0 Å². The first-order valence-electron chi connectivity index (χ1n) is 5.17. The van der Waals surface area contributed by atoms with Crippen LogP contribution in [0.1, 0.15) is 18.5 Å². The Hall–Kier alpha value is -1.97. The van der Waals surface area contributed by atoms with Crippen molar-refractivity contribution < 1.29 is 9.90 Å². The molecule has 1 aliphatic rings. The van der Waals surface area contributed by atoms with Crippen molar-refractivity contribution >= 4 is 6.09 Å². The number of nitrogens with zero attached hydrogens (tertiary/aromatic N) is 2. The summed E-state index contributed by atoms with van der Waals surface area (Å²) < 4.78 is 0. The van der Waals surface area contributed by atoms with Crippen molar-refractivity contribution in [3.63, 3.8) is 0 Å². The first kappa shape index (κ1) is 10.5. The van der Waals surface area contributed by atoms with Crippen LogP contribution in [0.15, 0.2) is 42.7 Å². The van der Waals surface area contributed by atoms with Gasteiger partial charge in [-0.2, -0.15) is 0 Å². The lowest BCUT2D eigenvalue weighted by Crippen LogP contribution is -2.30. The molecule has 0 saturated carbocycles. The lowest BCUT2D eigenvalue weighted by atomic mass is 10.1. The Morgan fingerprint density at radius 3 is 2.56 bits per heavy atom. The van der Waals surface area contributed by atoms with Crippen LogP contribution in [0.3, 0.4) is 0 Å². The summed E-state index contributed by atoms with van der Waals surface area (Å²) in [5.41, 5.74) is 1.18. The second-order valence-electron chi connectivity index (χ2n) is 3.79. The highest BCUT2D eigenvalue weighted by molar-refractivity contribution is 5.66. The van der Waals surface area contributed by atoms with E-state index in [2.05, 4.69) is 6.92 Å². The highest BCUT2D eigenvalue weighted by Crippen LogP contribution is 2.23. The van der Waals surface area contributed by atoms with Crippen LogP contribution in [0, 0.1) is 0 Å². The van der Waals surface area contributed by atoms with E-state index < -0.39 is 6.09 Å². The Bertz CT molecular complexity index is 403. The van der Waals surface area contributed by atoms with Gasteiger partial charge in [-0.3, -0.25) is 4.90 Å². The van der Waals surface area contributed by atoms with Crippen molar-refractivity contribution in [2.75, 3.05) is 6.67 Å². The molecule has 16 heavy (non-hydrogen) atoms. The summed E-state index contributed by atoms with van der Waals surface area (Å²) in [6.45, 7) is 2.45. The van der Waals surface area contributed by atoms with E-state index in [1.165, 1.54) is 10.5 Å². The smallest absolute Gasteiger partial charge is 0.412 e. The number of carboxylic acid groups (broad SMARTS) is 1. The maximum atomic E-state index is 10.8. The predicted molar refractivity (Wildman–Crippen MR) is 60.6 cm³/mol. The average molecular weight is 218 g/mol. The fourth-order valence-corrected chi connectivity index (χ4v) is 1.74. The van der Waals surface area contributed by atoms with Gasteiger partial charge in [0.15, 0.2) is 0 Å². The molecule has 1 amide bonds. The SMILES string of the molecule is CC(c1ccccc1)N1C=CN(C(=O)O)C1. The minimum Gasteiger partial charge on any atom is -0.465 e. The fraction of sp³-hybridized carbons (Fsp3) is 0.250. The highest BCUT2D eigenvalue weighted by Gasteiger charge is 2.22. The molecule has 1 unspecified atom stereocenters. The number of rotatable bonds is 2. The molecule has 0 saturated heterocycles. The third-order valence-corrected chi connectivity index (χ3v) is 2.78. The number of carbonyl (C=O) groups is 1. The molecule has 84 valence electrons. The van der Waals surface area contributed by atoms with Crippen molar-refractivity contribution in [3.8, 4) is 0 Å². The predicted octanol–water partition coefficient (Wildman–Crippen LogP) is 2.47. The van der Waals surface area contributed by atoms with Crippen LogP contribution in [0.5, 0.6) is 0 Å². The molecule has 1 atom stereocenters. The van der Waals surface area contributed by atoms with Crippen LogP contribution in [-0.2, 0) is 0 Å². The minimum atomic E-state index is -0.918. The number of hydrogen-bond donors (Lipinski definition) is 1. The van der Waals surface area contributed by atoms with Gasteiger partial charge in [0.25, 0.3) is 0 Å². The molecule has 1 aromatic carbocycles. The quantitative estimate of drug-likeness (QED) is 0.829. The van der Waals surface area contributed by atoms with Crippen LogP contribution in [-0.4, -0.2) is 27.7 Å². The number of amides is 1. The van der Waals surface area contributed by atoms with Gasteiger partial charge in [0.2, 0.25) is 0 Å². The topological polar surface area (TPSA) is 43.8 Å². The summed E-state index contributed by atoms with van der Waals surface area (Å²) in [7, 11) is 0. The molecular weight excluding hydrogens is 204 g/mol. The molecule has 1 heterocycles. The van der Waals surface area contributed by atoms with Crippen molar-refractivity contribution in [1.29, 1.82) is 0 Å². The van der Waals surface area contributed by atoms with Gasteiger partial charge in [0.1, 0.15) is 6.67 Å². The molecule has 4 nitrogen and oxygen atoms in total. The molecule has 0 radical (unpaired) electrons. The van der Waals surface area contributed by atoms with Gasteiger partial charge in [0, 0.05) is 12.4 Å². The number of hydrogen-bond acceptors (Lipinski definition) is 2. The first-order chi connectivity index (χ1) is 7.68. The van der Waals surface area contributed by atoms with Crippen LogP contribution in [0.2, 0.25) is 0 Å².